The second-order valence-electron chi connectivity index (χ2n) is 27.9. The van der Waals surface area contributed by atoms with Crippen LogP contribution >= 0.6 is 0 Å². The molecular formula is C57H90O29. The van der Waals surface area contributed by atoms with Gasteiger partial charge in [0.05, 0.1) is 64.1 Å². The largest absolute Gasteiger partial charge is 0.479 e. The van der Waals surface area contributed by atoms with Crippen molar-refractivity contribution < 1.29 is 144 Å². The van der Waals surface area contributed by atoms with E-state index in [1.54, 1.807) is 0 Å². The third-order valence-corrected chi connectivity index (χ3v) is 22.6. The number of allylic oxidation sites excluding steroid dienone is 2. The zero-order chi connectivity index (χ0) is 62.9. The molecule has 86 heavy (non-hydrogen) atoms. The number of rotatable bonds is 14. The van der Waals surface area contributed by atoms with Gasteiger partial charge in [-0.1, -0.05) is 46.3 Å². The molecule has 0 aromatic rings. The molecular weight excluding hydrogens is 1150 g/mol. The predicted molar refractivity (Wildman–Crippen MR) is 282 cm³/mol. The molecule has 29 heteroatoms. The zero-order valence-corrected chi connectivity index (χ0v) is 49.0. The summed E-state index contributed by atoms with van der Waals surface area (Å²) >= 11 is 0. The van der Waals surface area contributed by atoms with Gasteiger partial charge in [0, 0.05) is 5.41 Å². The van der Waals surface area contributed by atoms with E-state index in [0.29, 0.717) is 32.1 Å². The van der Waals surface area contributed by atoms with Crippen LogP contribution in [0.25, 0.3) is 0 Å². The van der Waals surface area contributed by atoms with Crippen molar-refractivity contribution in [3.63, 3.8) is 0 Å². The number of aliphatic hydroxyl groups is 16. The Kier molecular flexibility index (Phi) is 18.6. The highest BCUT2D eigenvalue weighted by Gasteiger charge is 2.74. The van der Waals surface area contributed by atoms with E-state index in [1.165, 1.54) is 6.92 Å². The Morgan fingerprint density at radius 3 is 1.88 bits per heavy atom. The maximum atomic E-state index is 15.4. The van der Waals surface area contributed by atoms with E-state index in [2.05, 4.69) is 33.8 Å². The van der Waals surface area contributed by atoms with Gasteiger partial charge in [0.25, 0.3) is 0 Å². The highest BCUT2D eigenvalue weighted by atomic mass is 16.8. The zero-order valence-electron chi connectivity index (χ0n) is 49.0. The fourth-order valence-corrected chi connectivity index (χ4v) is 17.4. The first-order chi connectivity index (χ1) is 40.2. The van der Waals surface area contributed by atoms with Crippen LogP contribution in [0.5, 0.6) is 0 Å². The van der Waals surface area contributed by atoms with Gasteiger partial charge in [0.1, 0.15) is 84.3 Å². The minimum absolute atomic E-state index is 0.0302. The van der Waals surface area contributed by atoms with Crippen molar-refractivity contribution in [2.75, 3.05) is 39.6 Å². The van der Waals surface area contributed by atoms with Gasteiger partial charge >= 0.3 is 11.9 Å². The molecule has 5 saturated heterocycles. The van der Waals surface area contributed by atoms with Crippen LogP contribution in [0.3, 0.4) is 0 Å². The van der Waals surface area contributed by atoms with E-state index in [0.717, 1.165) is 5.57 Å². The van der Waals surface area contributed by atoms with Crippen molar-refractivity contribution in [1.29, 1.82) is 0 Å². The van der Waals surface area contributed by atoms with Crippen LogP contribution in [0.2, 0.25) is 0 Å². The molecule has 0 spiro atoms. The number of aliphatic hydroxyl groups excluding tert-OH is 15. The molecule has 31 atom stereocenters. The lowest BCUT2D eigenvalue weighted by Crippen LogP contribution is -2.72. The monoisotopic (exact) mass is 1240 g/mol. The number of hydrogen-bond acceptors (Lipinski definition) is 28. The van der Waals surface area contributed by atoms with Crippen LogP contribution in [0.4, 0.5) is 0 Å². The number of carboxylic acids is 1. The van der Waals surface area contributed by atoms with Gasteiger partial charge in [-0.15, -0.1) is 0 Å². The Labute approximate surface area is 495 Å². The topological polar surface area (TPSA) is 470 Å². The van der Waals surface area contributed by atoms with Crippen LogP contribution in [-0.2, 0) is 57.0 Å². The summed E-state index contributed by atoms with van der Waals surface area (Å²) in [6.07, 6.45) is -35.2. The number of aliphatic carboxylic acids is 1. The summed E-state index contributed by atoms with van der Waals surface area (Å²) in [5.41, 5.74) is -7.17. The highest BCUT2D eigenvalue weighted by molar-refractivity contribution is 5.80. The molecule has 9 fully saturated rings. The molecule has 492 valence electrons. The summed E-state index contributed by atoms with van der Waals surface area (Å²) in [7, 11) is 0. The summed E-state index contributed by atoms with van der Waals surface area (Å²) < 4.78 is 58.1. The van der Waals surface area contributed by atoms with Crippen molar-refractivity contribution in [2.45, 2.75) is 240 Å². The molecule has 5 aliphatic carbocycles. The van der Waals surface area contributed by atoms with Gasteiger partial charge in [-0.05, 0) is 97.7 Å². The summed E-state index contributed by atoms with van der Waals surface area (Å²) in [5, 5.41) is 188. The molecule has 0 aromatic carbocycles. The van der Waals surface area contributed by atoms with Crippen LogP contribution in [0.15, 0.2) is 11.6 Å². The number of carbonyl (C=O) groups excluding carboxylic acids is 1. The molecule has 0 aromatic heterocycles. The number of hydrogen-bond donors (Lipinski definition) is 17. The number of fused-ring (bicyclic) bond motifs is 7. The molecule has 10 aliphatic rings. The van der Waals surface area contributed by atoms with Crippen LogP contribution < -0.4 is 0 Å². The number of esters is 1. The lowest BCUT2D eigenvalue weighted by molar-refractivity contribution is -0.372. The van der Waals surface area contributed by atoms with Gasteiger partial charge in [0.2, 0.25) is 6.29 Å². The summed E-state index contributed by atoms with van der Waals surface area (Å²) in [4.78, 5) is 27.4. The van der Waals surface area contributed by atoms with E-state index in [-0.39, 0.29) is 30.6 Å². The lowest BCUT2D eigenvalue weighted by atomic mass is 9.33. The second kappa shape index (κ2) is 24.0. The third kappa shape index (κ3) is 10.5. The Hall–Kier alpha value is -2.32. The van der Waals surface area contributed by atoms with Crippen LogP contribution in [0, 0.1) is 50.2 Å². The minimum atomic E-state index is -2.08. The van der Waals surface area contributed by atoms with Crippen molar-refractivity contribution >= 4 is 11.9 Å². The summed E-state index contributed by atoms with van der Waals surface area (Å²) in [6, 6.07) is 0. The molecule has 29 nitrogen and oxygen atoms in total. The molecule has 10 rings (SSSR count). The van der Waals surface area contributed by atoms with Crippen molar-refractivity contribution in [2.24, 2.45) is 50.2 Å². The van der Waals surface area contributed by atoms with Gasteiger partial charge in [0.15, 0.2) is 37.4 Å². The highest BCUT2D eigenvalue weighted by Crippen LogP contribution is 2.76. The van der Waals surface area contributed by atoms with Crippen LogP contribution in [0.1, 0.15) is 92.9 Å². The maximum absolute atomic E-state index is 15.4. The molecule has 17 N–H and O–H groups in total. The van der Waals surface area contributed by atoms with E-state index in [1.807, 2.05) is 6.92 Å². The summed E-state index contributed by atoms with van der Waals surface area (Å²) in [6.45, 7) is 7.83. The van der Waals surface area contributed by atoms with E-state index in [9.17, 15) is 91.6 Å². The first-order valence-corrected chi connectivity index (χ1v) is 29.9. The number of ether oxygens (including phenoxy) is 10. The average molecular weight is 1240 g/mol. The standard InChI is InChI=1S/C57H90O29/c1-22-38(81-45-37(71)39(27(63)17-77-45)82-49-42(72)56(76,20-60)21-79-49)34(68)36(70)46(80-22)84-41-31(65)26(62)16-78-48(41)86-50(75)57-12-11-51(2,3)13-24(57)23-7-8-28-52(4)14-25(61)43(85-47-35(69)32(66)33(67)40(83-47)44(73)74)55(18-58,19-59)29(52)9-10-53(28,5)54(23,6)15-30(57)64/h7,22,24-43,45-49,58-72,76H,8-21H2,1-6H3,(H,73,74)/t22-,24-,25-,26-,27+,28+,29+,30+,31-,32-,33-,34-,35+,36+,37+,38-,39-,40-,41+,42-,43-,45-,46-,47-,48-,49-,52+,53+,54+,56+,57+/m0/s1. The summed E-state index contributed by atoms with van der Waals surface area (Å²) in [5.74, 6) is -4.06. The van der Waals surface area contributed by atoms with E-state index < -0.39 is 237 Å². The fraction of sp³-hybridized carbons (Fsp3) is 0.930. The fourth-order valence-electron chi connectivity index (χ4n) is 17.4. The van der Waals surface area contributed by atoms with Crippen molar-refractivity contribution in [3.05, 3.63) is 11.6 Å². The Morgan fingerprint density at radius 1 is 0.605 bits per heavy atom. The molecule has 5 heterocycles. The van der Waals surface area contributed by atoms with Gasteiger partial charge in [-0.2, -0.15) is 0 Å². The normalized spacial score (nSPS) is 53.4. The number of carbonyl (C=O) groups is 2. The maximum Gasteiger partial charge on any atom is 0.335 e. The van der Waals surface area contributed by atoms with Gasteiger partial charge < -0.3 is 134 Å². The first kappa shape index (κ1) is 66.6. The Balaban J connectivity index is 0.866. The molecule has 0 unspecified atom stereocenters. The van der Waals surface area contributed by atoms with Crippen molar-refractivity contribution in [1.82, 2.24) is 0 Å². The Bertz CT molecular complexity index is 2470. The van der Waals surface area contributed by atoms with Gasteiger partial charge in [-0.3, -0.25) is 4.79 Å². The second-order valence-corrected chi connectivity index (χ2v) is 27.9. The Morgan fingerprint density at radius 2 is 1.23 bits per heavy atom. The molecule has 0 bridgehead atoms. The molecule has 5 aliphatic heterocycles. The molecule has 4 saturated carbocycles. The smallest absolute Gasteiger partial charge is 0.335 e. The predicted octanol–water partition coefficient (Wildman–Crippen LogP) is -5.29. The third-order valence-electron chi connectivity index (χ3n) is 22.6. The minimum Gasteiger partial charge on any atom is -0.479 e. The molecule has 0 amide bonds. The first-order valence-electron chi connectivity index (χ1n) is 29.9. The van der Waals surface area contributed by atoms with E-state index >= 15 is 4.79 Å². The van der Waals surface area contributed by atoms with E-state index in [4.69, 9.17) is 47.4 Å². The van der Waals surface area contributed by atoms with Crippen LogP contribution in [-0.4, -0.2) is 285 Å². The van der Waals surface area contributed by atoms with Crippen molar-refractivity contribution in [3.8, 4) is 0 Å². The SMILES string of the molecule is C[C@@H]1O[C@@H](O[C@H]2[C@H](OC(=O)[C@]34CCC(C)(C)C[C@H]3C3=CC[C@@H]5[C@@]6(C)C[C@H](O)[C@H](O[C@@H]7O[C@H](C(=O)O)[C@@H](O)[C@H](O)[C@H]7O)C(CO)(CO)[C@@H]6CC[C@@]5(C)[C@]3(C)C[C@H]4O)OC[C@H](O)[C@@H]2O)[C@H](O)[C@H](O)[C@H]1O[C@@H]1OC[C@@H](O)[C@H](O[C@@H]2OC[C@](O)(CO)[C@H]2O)[C@H]1O. The molecule has 0 radical (unpaired) electrons. The van der Waals surface area contributed by atoms with Gasteiger partial charge in [-0.25, -0.2) is 4.79 Å². The lowest BCUT2D eigenvalue weighted by Gasteiger charge is -2.72. The quantitative estimate of drug-likeness (QED) is 0.0439. The number of carboxylic acid groups (broad SMARTS) is 1. The average Bonchev–Trinajstić information content (AvgIpc) is 0.750.